The lowest BCUT2D eigenvalue weighted by Gasteiger charge is -2.27. The molecule has 3 aromatic rings. The normalized spacial score (nSPS) is 14.4. The van der Waals surface area contributed by atoms with Crippen molar-refractivity contribution in [2.75, 3.05) is 17.7 Å². The number of halogens is 2. The molecule has 0 saturated carbocycles. The van der Waals surface area contributed by atoms with Crippen molar-refractivity contribution >= 4 is 58.2 Å². The smallest absolute Gasteiger partial charge is 0.253 e. The first-order valence-electron chi connectivity index (χ1n) is 10.7. The van der Waals surface area contributed by atoms with Crippen LogP contribution in [-0.4, -0.2) is 28.8 Å². The number of nitrogens with one attached hydrogen (secondary N) is 4. The number of fused-ring (bicyclic) bond motifs is 1. The highest BCUT2D eigenvalue weighted by molar-refractivity contribution is 6.35. The summed E-state index contributed by atoms with van der Waals surface area (Å²) >= 11 is 12.7. The lowest BCUT2D eigenvalue weighted by Crippen LogP contribution is -2.39. The number of hydrogen-bond donors (Lipinski definition) is 4. The van der Waals surface area contributed by atoms with Crippen molar-refractivity contribution in [3.63, 3.8) is 0 Å². The molecule has 1 aliphatic rings. The van der Waals surface area contributed by atoms with E-state index in [0.29, 0.717) is 40.9 Å². The minimum Gasteiger partial charge on any atom is -0.355 e. The van der Waals surface area contributed by atoms with Crippen LogP contribution in [0.5, 0.6) is 0 Å². The van der Waals surface area contributed by atoms with Gasteiger partial charge in [-0.15, -0.1) is 0 Å². The van der Waals surface area contributed by atoms with Gasteiger partial charge in [0.05, 0.1) is 28.0 Å². The molecule has 1 aromatic heterocycles. The van der Waals surface area contributed by atoms with Gasteiger partial charge in [0.15, 0.2) is 5.82 Å². The molecule has 8 nitrogen and oxygen atoms in total. The van der Waals surface area contributed by atoms with Crippen molar-refractivity contribution in [2.24, 2.45) is 0 Å². The van der Waals surface area contributed by atoms with Gasteiger partial charge in [-0.2, -0.15) is 4.98 Å². The zero-order chi connectivity index (χ0) is 24.5. The second-order valence-corrected chi connectivity index (χ2v) is 9.24. The van der Waals surface area contributed by atoms with Crippen LogP contribution in [0.1, 0.15) is 41.8 Å². The van der Waals surface area contributed by atoms with Gasteiger partial charge in [-0.05, 0) is 55.7 Å². The second kappa shape index (κ2) is 9.48. The van der Waals surface area contributed by atoms with Gasteiger partial charge in [-0.25, -0.2) is 4.98 Å². The summed E-state index contributed by atoms with van der Waals surface area (Å²) in [7, 11) is 1.54. The number of carbonyl (C=O) groups excluding carboxylic acids is 2. The summed E-state index contributed by atoms with van der Waals surface area (Å²) in [5.74, 6) is 0.336. The first-order valence-corrected chi connectivity index (χ1v) is 11.4. The summed E-state index contributed by atoms with van der Waals surface area (Å²) in [6.07, 6.45) is 2.53. The van der Waals surface area contributed by atoms with E-state index >= 15 is 0 Å². The van der Waals surface area contributed by atoms with Crippen LogP contribution in [0.2, 0.25) is 10.0 Å². The molecule has 0 saturated heterocycles. The van der Waals surface area contributed by atoms with Crippen LogP contribution in [0, 0.1) is 0 Å². The Bertz CT molecular complexity index is 1280. The molecule has 1 aliphatic heterocycles. The van der Waals surface area contributed by atoms with Gasteiger partial charge in [-0.3, -0.25) is 9.59 Å². The monoisotopic (exact) mass is 498 g/mol. The van der Waals surface area contributed by atoms with E-state index in [1.54, 1.807) is 25.2 Å². The van der Waals surface area contributed by atoms with E-state index in [1.807, 2.05) is 32.0 Å². The summed E-state index contributed by atoms with van der Waals surface area (Å²) in [4.78, 5) is 33.1. The molecule has 0 spiro atoms. The summed E-state index contributed by atoms with van der Waals surface area (Å²) in [6.45, 7) is 3.98. The fourth-order valence-corrected chi connectivity index (χ4v) is 4.31. The molecule has 0 atom stereocenters. The highest BCUT2D eigenvalue weighted by Gasteiger charge is 2.28. The van der Waals surface area contributed by atoms with Crippen molar-refractivity contribution in [1.82, 2.24) is 20.6 Å². The number of carbonyl (C=O) groups is 2. The molecule has 4 rings (SSSR count). The number of aromatic nitrogens is 2. The summed E-state index contributed by atoms with van der Waals surface area (Å²) in [6, 6.07) is 10.9. The van der Waals surface area contributed by atoms with Crippen molar-refractivity contribution < 1.29 is 9.59 Å². The van der Waals surface area contributed by atoms with Crippen LogP contribution in [0.4, 0.5) is 23.1 Å². The average Bonchev–Trinajstić information content (AvgIpc) is 2.91. The van der Waals surface area contributed by atoms with Gasteiger partial charge in [0.1, 0.15) is 5.02 Å². The molecule has 0 bridgehead atoms. The van der Waals surface area contributed by atoms with Gasteiger partial charge in [0, 0.05) is 19.2 Å². The maximum atomic E-state index is 12.3. The molecule has 0 unspecified atom stereocenters. The van der Waals surface area contributed by atoms with Crippen molar-refractivity contribution in [3.05, 3.63) is 69.3 Å². The highest BCUT2D eigenvalue weighted by Crippen LogP contribution is 2.33. The lowest BCUT2D eigenvalue weighted by molar-refractivity contribution is -0.122. The standard InChI is InChI=1S/C24H24Cl2N6O2/c1-24(2)16-9-8-14(11-13(16)7-10-19(33)32-24)29-23-28-12-18(26)21(31-23)30-20-15(22(34)27-3)5-4-6-17(20)25/h4-6,8-9,11-12H,7,10H2,1-3H3,(H,27,34)(H,32,33)(H2,28,29,30,31). The highest BCUT2D eigenvalue weighted by atomic mass is 35.5. The van der Waals surface area contributed by atoms with E-state index in [1.165, 1.54) is 6.20 Å². The quantitative estimate of drug-likeness (QED) is 0.397. The summed E-state index contributed by atoms with van der Waals surface area (Å²) in [5.41, 5.74) is 3.22. The van der Waals surface area contributed by atoms with E-state index in [4.69, 9.17) is 23.2 Å². The average molecular weight is 499 g/mol. The van der Waals surface area contributed by atoms with E-state index in [9.17, 15) is 9.59 Å². The Morgan fingerprint density at radius 2 is 1.88 bits per heavy atom. The van der Waals surface area contributed by atoms with Crippen LogP contribution in [0.15, 0.2) is 42.6 Å². The molecule has 0 radical (unpaired) electrons. The molecular weight excluding hydrogens is 475 g/mol. The molecule has 0 fully saturated rings. The second-order valence-electron chi connectivity index (χ2n) is 8.43. The van der Waals surface area contributed by atoms with Crippen LogP contribution < -0.4 is 21.3 Å². The zero-order valence-corrected chi connectivity index (χ0v) is 20.4. The Morgan fingerprint density at radius 3 is 2.65 bits per heavy atom. The largest absolute Gasteiger partial charge is 0.355 e. The first-order chi connectivity index (χ1) is 16.2. The molecule has 2 aromatic carbocycles. The summed E-state index contributed by atoms with van der Waals surface area (Å²) in [5, 5.41) is 12.5. The van der Waals surface area contributed by atoms with E-state index < -0.39 is 5.54 Å². The Kier molecular flexibility index (Phi) is 6.63. The number of para-hydroxylation sites is 1. The maximum Gasteiger partial charge on any atom is 0.253 e. The van der Waals surface area contributed by atoms with Crippen molar-refractivity contribution in [2.45, 2.75) is 32.2 Å². The fraction of sp³-hybridized carbons (Fsp3) is 0.250. The topological polar surface area (TPSA) is 108 Å². The van der Waals surface area contributed by atoms with Crippen LogP contribution >= 0.6 is 23.2 Å². The fourth-order valence-electron chi connectivity index (χ4n) is 3.95. The van der Waals surface area contributed by atoms with Crippen LogP contribution in [0.25, 0.3) is 0 Å². The third-order valence-electron chi connectivity index (χ3n) is 5.58. The lowest BCUT2D eigenvalue weighted by atomic mass is 9.89. The molecule has 176 valence electrons. The molecular formula is C24H24Cl2N6O2. The maximum absolute atomic E-state index is 12.3. The first kappa shape index (κ1) is 23.8. The Morgan fingerprint density at radius 1 is 1.09 bits per heavy atom. The zero-order valence-electron chi connectivity index (χ0n) is 18.9. The minimum atomic E-state index is -0.452. The van der Waals surface area contributed by atoms with Crippen molar-refractivity contribution in [1.29, 1.82) is 0 Å². The molecule has 2 amide bonds. The number of rotatable bonds is 5. The summed E-state index contributed by atoms with van der Waals surface area (Å²) < 4.78 is 0. The molecule has 10 heteroatoms. The number of hydrogen-bond acceptors (Lipinski definition) is 6. The van der Waals surface area contributed by atoms with E-state index in [2.05, 4.69) is 31.2 Å². The minimum absolute atomic E-state index is 0.0307. The molecule has 0 aliphatic carbocycles. The molecule has 34 heavy (non-hydrogen) atoms. The number of benzene rings is 2. The third kappa shape index (κ3) is 4.93. The Labute approximate surface area is 207 Å². The van der Waals surface area contributed by atoms with Gasteiger partial charge in [-0.1, -0.05) is 35.3 Å². The predicted octanol–water partition coefficient (Wildman–Crippen LogP) is 4.93. The Balaban J connectivity index is 1.62. The van der Waals surface area contributed by atoms with Gasteiger partial charge in [0.2, 0.25) is 11.9 Å². The molecule has 2 heterocycles. The number of aryl methyl sites for hydroxylation is 1. The number of amides is 2. The number of anilines is 4. The van der Waals surface area contributed by atoms with Crippen LogP contribution in [-0.2, 0) is 16.8 Å². The van der Waals surface area contributed by atoms with Gasteiger partial charge < -0.3 is 21.3 Å². The molecule has 4 N–H and O–H groups in total. The van der Waals surface area contributed by atoms with Crippen LogP contribution in [0.3, 0.4) is 0 Å². The van der Waals surface area contributed by atoms with Crippen molar-refractivity contribution in [3.8, 4) is 0 Å². The SMILES string of the molecule is CNC(=O)c1cccc(Cl)c1Nc1nc(Nc2ccc3c(c2)CCC(=O)NC3(C)C)ncc1Cl. The Hall–Kier alpha value is -3.36. The van der Waals surface area contributed by atoms with Gasteiger partial charge >= 0.3 is 0 Å². The van der Waals surface area contributed by atoms with E-state index in [0.717, 1.165) is 16.8 Å². The predicted molar refractivity (Wildman–Crippen MR) is 134 cm³/mol. The van der Waals surface area contributed by atoms with Gasteiger partial charge in [0.25, 0.3) is 5.91 Å². The third-order valence-corrected chi connectivity index (χ3v) is 6.17. The number of nitrogens with zero attached hydrogens (tertiary/aromatic N) is 2. The van der Waals surface area contributed by atoms with E-state index in [-0.39, 0.29) is 16.8 Å².